The van der Waals surface area contributed by atoms with E-state index < -0.39 is 0 Å². The number of hydrogen-bond acceptors (Lipinski definition) is 4. The van der Waals surface area contributed by atoms with E-state index in [9.17, 15) is 9.59 Å². The number of amides is 2. The second-order valence-corrected chi connectivity index (χ2v) is 7.64. The van der Waals surface area contributed by atoms with Crippen LogP contribution in [-0.2, 0) is 22.7 Å². The molecule has 0 spiro atoms. The zero-order valence-electron chi connectivity index (χ0n) is 17.2. The van der Waals surface area contributed by atoms with Crippen LogP contribution in [-0.4, -0.2) is 34.7 Å². The van der Waals surface area contributed by atoms with Crippen molar-refractivity contribution in [3.63, 3.8) is 0 Å². The van der Waals surface area contributed by atoms with Crippen LogP contribution in [0.3, 0.4) is 0 Å². The van der Waals surface area contributed by atoms with E-state index in [0.717, 1.165) is 16.9 Å². The van der Waals surface area contributed by atoms with Crippen molar-refractivity contribution in [1.29, 1.82) is 0 Å². The van der Waals surface area contributed by atoms with Gasteiger partial charge < -0.3 is 10.1 Å². The van der Waals surface area contributed by atoms with Crippen LogP contribution in [0, 0.1) is 0 Å². The summed E-state index contributed by atoms with van der Waals surface area (Å²) in [6.07, 6.45) is 0.301. The maximum atomic E-state index is 12.6. The molecule has 2 aromatic carbocycles. The number of nitrogens with one attached hydrogen (secondary N) is 1. The number of halogens is 1. The highest BCUT2D eigenvalue weighted by molar-refractivity contribution is 6.30. The molecule has 0 atom stereocenters. The Kier molecular flexibility index (Phi) is 6.23. The Morgan fingerprint density at radius 1 is 1.19 bits per heavy atom. The molecule has 4 rings (SSSR count). The SMILES string of the molecule is CCOc1ccc(CNC(=O)CN2C(=O)CCn3nc(-c4cccc(Cl)c4)cc32)cc1. The Balaban J connectivity index is 1.43. The van der Waals surface area contributed by atoms with Gasteiger partial charge in [-0.15, -0.1) is 0 Å². The number of ether oxygens (including phenoxy) is 1. The number of anilines is 1. The third-order valence-electron chi connectivity index (χ3n) is 5.02. The van der Waals surface area contributed by atoms with E-state index in [1.54, 1.807) is 10.7 Å². The summed E-state index contributed by atoms with van der Waals surface area (Å²) in [6.45, 7) is 3.34. The molecule has 0 unspecified atom stereocenters. The van der Waals surface area contributed by atoms with Crippen LogP contribution < -0.4 is 15.0 Å². The molecule has 2 amide bonds. The van der Waals surface area contributed by atoms with Gasteiger partial charge in [0, 0.05) is 29.6 Å². The van der Waals surface area contributed by atoms with Gasteiger partial charge in [0.2, 0.25) is 11.8 Å². The summed E-state index contributed by atoms with van der Waals surface area (Å²) in [5.41, 5.74) is 2.53. The second kappa shape index (κ2) is 9.22. The Morgan fingerprint density at radius 2 is 2.00 bits per heavy atom. The standard InChI is InChI=1S/C23H23ClN4O3/c1-2-31-19-8-6-16(7-9-19)14-25-21(29)15-27-22-13-20(17-4-3-5-18(24)12-17)26-28(22)11-10-23(27)30/h3-9,12-13H,2,10-11,14-15H2,1H3,(H,25,29). The number of benzene rings is 2. The zero-order chi connectivity index (χ0) is 21.8. The molecule has 31 heavy (non-hydrogen) atoms. The van der Waals surface area contributed by atoms with Crippen LogP contribution in [0.15, 0.2) is 54.6 Å². The average Bonchev–Trinajstić information content (AvgIpc) is 3.20. The molecule has 0 fully saturated rings. The van der Waals surface area contributed by atoms with Gasteiger partial charge in [-0.1, -0.05) is 35.9 Å². The summed E-state index contributed by atoms with van der Waals surface area (Å²) in [5.74, 6) is 1.07. The number of carbonyl (C=O) groups is 2. The van der Waals surface area contributed by atoms with Crippen LogP contribution in [0.1, 0.15) is 18.9 Å². The zero-order valence-corrected chi connectivity index (χ0v) is 17.9. The number of rotatable bonds is 7. The van der Waals surface area contributed by atoms with Crippen LogP contribution in [0.5, 0.6) is 5.75 Å². The quantitative estimate of drug-likeness (QED) is 0.610. The van der Waals surface area contributed by atoms with Crippen molar-refractivity contribution < 1.29 is 14.3 Å². The van der Waals surface area contributed by atoms with E-state index in [1.807, 2.05) is 55.5 Å². The Bertz CT molecular complexity index is 1090. The molecule has 0 aliphatic carbocycles. The van der Waals surface area contributed by atoms with Gasteiger partial charge in [-0.25, -0.2) is 4.68 Å². The average molecular weight is 439 g/mol. The van der Waals surface area contributed by atoms with Gasteiger partial charge >= 0.3 is 0 Å². The van der Waals surface area contributed by atoms with Crippen molar-refractivity contribution in [3.05, 3.63) is 65.2 Å². The van der Waals surface area contributed by atoms with Crippen LogP contribution in [0.2, 0.25) is 5.02 Å². The minimum atomic E-state index is -0.235. The lowest BCUT2D eigenvalue weighted by Gasteiger charge is -2.26. The lowest BCUT2D eigenvalue weighted by atomic mass is 10.1. The van der Waals surface area contributed by atoms with Gasteiger partial charge in [0.05, 0.1) is 18.8 Å². The number of aromatic nitrogens is 2. The van der Waals surface area contributed by atoms with Gasteiger partial charge in [-0.05, 0) is 36.8 Å². The fourth-order valence-corrected chi connectivity index (χ4v) is 3.67. The van der Waals surface area contributed by atoms with Crippen molar-refractivity contribution >= 4 is 29.2 Å². The summed E-state index contributed by atoms with van der Waals surface area (Å²) in [6, 6.07) is 16.8. The molecule has 1 aromatic heterocycles. The highest BCUT2D eigenvalue weighted by Gasteiger charge is 2.28. The summed E-state index contributed by atoms with van der Waals surface area (Å²) in [4.78, 5) is 26.6. The Labute approximate surface area is 185 Å². The molecular weight excluding hydrogens is 416 g/mol. The number of carbonyl (C=O) groups excluding carboxylic acids is 2. The van der Waals surface area contributed by atoms with Gasteiger partial charge in [0.15, 0.2) is 0 Å². The van der Waals surface area contributed by atoms with Crippen LogP contribution in [0.4, 0.5) is 5.82 Å². The van der Waals surface area contributed by atoms with Crippen molar-refractivity contribution in [1.82, 2.24) is 15.1 Å². The predicted octanol–water partition coefficient (Wildman–Crippen LogP) is 3.66. The summed E-state index contributed by atoms with van der Waals surface area (Å²) in [5, 5.41) is 8.08. The van der Waals surface area contributed by atoms with Crippen molar-refractivity contribution in [3.8, 4) is 17.0 Å². The van der Waals surface area contributed by atoms with E-state index in [2.05, 4.69) is 10.4 Å². The monoisotopic (exact) mass is 438 g/mol. The smallest absolute Gasteiger partial charge is 0.240 e. The first-order chi connectivity index (χ1) is 15.0. The fourth-order valence-electron chi connectivity index (χ4n) is 3.48. The molecule has 160 valence electrons. The predicted molar refractivity (Wildman–Crippen MR) is 119 cm³/mol. The molecular formula is C23H23ClN4O3. The maximum absolute atomic E-state index is 12.6. The van der Waals surface area contributed by atoms with E-state index in [4.69, 9.17) is 16.3 Å². The molecule has 1 N–H and O–H groups in total. The third kappa shape index (κ3) is 4.88. The number of hydrogen-bond donors (Lipinski definition) is 1. The van der Waals surface area contributed by atoms with Gasteiger partial charge in [-0.2, -0.15) is 5.10 Å². The summed E-state index contributed by atoms with van der Waals surface area (Å²) in [7, 11) is 0. The van der Waals surface area contributed by atoms with E-state index in [-0.39, 0.29) is 18.4 Å². The molecule has 3 aromatic rings. The second-order valence-electron chi connectivity index (χ2n) is 7.20. The Morgan fingerprint density at radius 3 is 2.74 bits per heavy atom. The topological polar surface area (TPSA) is 76.5 Å². The largest absolute Gasteiger partial charge is 0.494 e. The highest BCUT2D eigenvalue weighted by Crippen LogP contribution is 2.29. The summed E-state index contributed by atoms with van der Waals surface area (Å²) >= 11 is 6.09. The number of fused-ring (bicyclic) bond motifs is 1. The minimum Gasteiger partial charge on any atom is -0.494 e. The van der Waals surface area contributed by atoms with Gasteiger partial charge in [0.1, 0.15) is 18.1 Å². The third-order valence-corrected chi connectivity index (χ3v) is 5.26. The number of aryl methyl sites for hydroxylation is 1. The normalized spacial score (nSPS) is 13.1. The molecule has 0 bridgehead atoms. The molecule has 0 saturated carbocycles. The fraction of sp³-hybridized carbons (Fsp3) is 0.261. The molecule has 1 aliphatic heterocycles. The first kappa shape index (κ1) is 20.9. The lowest BCUT2D eigenvalue weighted by molar-refractivity contribution is -0.124. The lowest BCUT2D eigenvalue weighted by Crippen LogP contribution is -2.44. The van der Waals surface area contributed by atoms with Crippen molar-refractivity contribution in [2.75, 3.05) is 18.1 Å². The molecule has 7 nitrogen and oxygen atoms in total. The molecule has 8 heteroatoms. The van der Waals surface area contributed by atoms with Crippen LogP contribution in [0.25, 0.3) is 11.3 Å². The first-order valence-corrected chi connectivity index (χ1v) is 10.5. The maximum Gasteiger partial charge on any atom is 0.240 e. The van der Waals surface area contributed by atoms with Crippen LogP contribution >= 0.6 is 11.6 Å². The van der Waals surface area contributed by atoms with Crippen molar-refractivity contribution in [2.45, 2.75) is 26.4 Å². The molecule has 0 radical (unpaired) electrons. The highest BCUT2D eigenvalue weighted by atomic mass is 35.5. The molecule has 2 heterocycles. The van der Waals surface area contributed by atoms with Crippen molar-refractivity contribution in [2.24, 2.45) is 0 Å². The van der Waals surface area contributed by atoms with E-state index in [0.29, 0.717) is 42.7 Å². The van der Waals surface area contributed by atoms with E-state index in [1.165, 1.54) is 4.90 Å². The van der Waals surface area contributed by atoms with Gasteiger partial charge in [-0.3, -0.25) is 14.5 Å². The first-order valence-electron chi connectivity index (χ1n) is 10.2. The molecule has 1 aliphatic rings. The van der Waals surface area contributed by atoms with Gasteiger partial charge in [0.25, 0.3) is 0 Å². The minimum absolute atomic E-state index is 0.0590. The number of nitrogens with zero attached hydrogens (tertiary/aromatic N) is 3. The molecule has 0 saturated heterocycles. The van der Waals surface area contributed by atoms with E-state index >= 15 is 0 Å². The Hall–Kier alpha value is -3.32. The summed E-state index contributed by atoms with van der Waals surface area (Å²) < 4.78 is 7.19.